The molecular formula is C17H23BrN2O2. The number of hydrogen-bond acceptors (Lipinski definition) is 3. The van der Waals surface area contributed by atoms with Crippen LogP contribution < -0.4 is 0 Å². The Balaban J connectivity index is 1.86. The monoisotopic (exact) mass is 366 g/mol. The first-order valence-corrected chi connectivity index (χ1v) is 8.43. The van der Waals surface area contributed by atoms with Crippen LogP contribution in [0.25, 0.3) is 6.08 Å². The average Bonchev–Trinajstić information content (AvgIpc) is 2.54. The number of likely N-dealkylation sites (tertiary alicyclic amines) is 1. The highest BCUT2D eigenvalue weighted by Crippen LogP contribution is 2.18. The van der Waals surface area contributed by atoms with Crippen LogP contribution in [-0.4, -0.2) is 60.1 Å². The van der Waals surface area contributed by atoms with Gasteiger partial charge in [0.15, 0.2) is 0 Å². The Morgan fingerprint density at radius 1 is 1.41 bits per heavy atom. The number of benzene rings is 1. The molecule has 0 radical (unpaired) electrons. The smallest absolute Gasteiger partial charge is 0.246 e. The molecule has 1 aliphatic heterocycles. The number of carbonyl (C=O) groups is 1. The van der Waals surface area contributed by atoms with Crippen LogP contribution in [0.1, 0.15) is 18.4 Å². The Morgan fingerprint density at radius 2 is 2.09 bits per heavy atom. The van der Waals surface area contributed by atoms with E-state index in [0.29, 0.717) is 12.6 Å². The highest BCUT2D eigenvalue weighted by atomic mass is 79.9. The molecule has 5 heteroatoms. The van der Waals surface area contributed by atoms with E-state index in [4.69, 9.17) is 5.11 Å². The second-order valence-corrected chi connectivity index (χ2v) is 6.47. The third-order valence-electron chi connectivity index (χ3n) is 4.16. The molecule has 1 aliphatic rings. The van der Waals surface area contributed by atoms with Crippen LogP contribution in [-0.2, 0) is 4.79 Å². The van der Waals surface area contributed by atoms with E-state index in [-0.39, 0.29) is 12.5 Å². The molecule has 2 rings (SSSR count). The van der Waals surface area contributed by atoms with Crippen LogP contribution in [0.5, 0.6) is 0 Å². The van der Waals surface area contributed by atoms with Crippen LogP contribution in [0.15, 0.2) is 34.8 Å². The molecule has 0 aliphatic carbocycles. The van der Waals surface area contributed by atoms with E-state index in [1.54, 1.807) is 6.08 Å². The van der Waals surface area contributed by atoms with Crippen molar-refractivity contribution < 1.29 is 9.90 Å². The highest BCUT2D eigenvalue weighted by molar-refractivity contribution is 9.10. The summed E-state index contributed by atoms with van der Waals surface area (Å²) in [5.41, 5.74) is 1.01. The molecule has 0 bridgehead atoms. The summed E-state index contributed by atoms with van der Waals surface area (Å²) >= 11 is 3.48. The second-order valence-electron chi connectivity index (χ2n) is 5.62. The van der Waals surface area contributed by atoms with Crippen molar-refractivity contribution in [1.29, 1.82) is 0 Å². The Bertz CT molecular complexity index is 525. The number of halogens is 1. The SMILES string of the molecule is CN(CCO)C1CCN(C(=O)/C=C/c2ccccc2Br)CC1. The van der Waals surface area contributed by atoms with Crippen LogP contribution in [0, 0.1) is 0 Å². The zero-order chi connectivity index (χ0) is 15.9. The van der Waals surface area contributed by atoms with Crippen LogP contribution in [0.3, 0.4) is 0 Å². The zero-order valence-electron chi connectivity index (χ0n) is 12.9. The molecule has 4 nitrogen and oxygen atoms in total. The van der Waals surface area contributed by atoms with Crippen molar-refractivity contribution in [2.45, 2.75) is 18.9 Å². The molecule has 1 aromatic carbocycles. The third kappa shape index (κ3) is 4.66. The number of carbonyl (C=O) groups excluding carboxylic acids is 1. The predicted octanol–water partition coefficient (Wildman–Crippen LogP) is 2.38. The molecule has 0 atom stereocenters. The minimum Gasteiger partial charge on any atom is -0.395 e. The lowest BCUT2D eigenvalue weighted by Gasteiger charge is -2.36. The van der Waals surface area contributed by atoms with Gasteiger partial charge in [-0.1, -0.05) is 34.1 Å². The summed E-state index contributed by atoms with van der Waals surface area (Å²) in [5, 5.41) is 8.99. The number of nitrogens with zero attached hydrogens (tertiary/aromatic N) is 2. The maximum atomic E-state index is 12.3. The topological polar surface area (TPSA) is 43.8 Å². The summed E-state index contributed by atoms with van der Waals surface area (Å²) in [6, 6.07) is 8.31. The first-order valence-electron chi connectivity index (χ1n) is 7.64. The first kappa shape index (κ1) is 17.2. The van der Waals surface area contributed by atoms with E-state index >= 15 is 0 Å². The second kappa shape index (κ2) is 8.46. The fourth-order valence-corrected chi connectivity index (χ4v) is 3.16. The molecular weight excluding hydrogens is 344 g/mol. The fourth-order valence-electron chi connectivity index (χ4n) is 2.74. The summed E-state index contributed by atoms with van der Waals surface area (Å²) in [4.78, 5) is 16.3. The van der Waals surface area contributed by atoms with Crippen LogP contribution >= 0.6 is 15.9 Å². The van der Waals surface area contributed by atoms with Gasteiger partial charge in [-0.15, -0.1) is 0 Å². The van der Waals surface area contributed by atoms with Gasteiger partial charge in [-0.2, -0.15) is 0 Å². The van der Waals surface area contributed by atoms with Gasteiger partial charge < -0.3 is 14.9 Å². The van der Waals surface area contributed by atoms with Crippen molar-refractivity contribution in [3.63, 3.8) is 0 Å². The van der Waals surface area contributed by atoms with Crippen LogP contribution in [0.2, 0.25) is 0 Å². The number of rotatable bonds is 5. The molecule has 1 saturated heterocycles. The maximum Gasteiger partial charge on any atom is 0.246 e. The summed E-state index contributed by atoms with van der Waals surface area (Å²) in [5.74, 6) is 0.0685. The molecule has 1 aromatic rings. The van der Waals surface area contributed by atoms with E-state index in [1.807, 2.05) is 42.3 Å². The number of likely N-dealkylation sites (N-methyl/N-ethyl adjacent to an activating group) is 1. The number of aliphatic hydroxyl groups excluding tert-OH is 1. The van der Waals surface area contributed by atoms with E-state index in [0.717, 1.165) is 36.0 Å². The molecule has 1 amide bonds. The highest BCUT2D eigenvalue weighted by Gasteiger charge is 2.23. The normalized spacial score (nSPS) is 16.6. The standard InChI is InChI=1S/C17H23BrN2O2/c1-19(12-13-21)15-8-10-20(11-9-15)17(22)7-6-14-4-2-3-5-16(14)18/h2-7,15,21H,8-13H2,1H3/b7-6+. The van der Waals surface area contributed by atoms with Gasteiger partial charge in [-0.25, -0.2) is 0 Å². The van der Waals surface area contributed by atoms with E-state index in [1.165, 1.54) is 0 Å². The summed E-state index contributed by atoms with van der Waals surface area (Å²) < 4.78 is 0.989. The van der Waals surface area contributed by atoms with Crippen molar-refractivity contribution in [2.75, 3.05) is 33.3 Å². The Labute approximate surface area is 140 Å². The van der Waals surface area contributed by atoms with Gasteiger partial charge in [0.1, 0.15) is 0 Å². The minimum absolute atomic E-state index is 0.0685. The number of hydrogen-bond donors (Lipinski definition) is 1. The molecule has 1 fully saturated rings. The Kier molecular flexibility index (Phi) is 6.61. The minimum atomic E-state index is 0.0685. The van der Waals surface area contributed by atoms with Gasteiger partial charge in [0.05, 0.1) is 6.61 Å². The summed E-state index contributed by atoms with van der Waals surface area (Å²) in [6.07, 6.45) is 5.43. The zero-order valence-corrected chi connectivity index (χ0v) is 14.5. The van der Waals surface area contributed by atoms with E-state index in [9.17, 15) is 4.79 Å². The predicted molar refractivity (Wildman–Crippen MR) is 92.5 cm³/mol. The lowest BCUT2D eigenvalue weighted by atomic mass is 10.0. The molecule has 0 saturated carbocycles. The van der Waals surface area contributed by atoms with Crippen molar-refractivity contribution >= 4 is 27.9 Å². The van der Waals surface area contributed by atoms with Gasteiger partial charge in [-0.05, 0) is 37.6 Å². The van der Waals surface area contributed by atoms with Crippen molar-refractivity contribution in [3.05, 3.63) is 40.4 Å². The lowest BCUT2D eigenvalue weighted by Crippen LogP contribution is -2.45. The molecule has 1 N–H and O–H groups in total. The third-order valence-corrected chi connectivity index (χ3v) is 4.89. The molecule has 0 spiro atoms. The molecule has 120 valence electrons. The fraction of sp³-hybridized carbons (Fsp3) is 0.471. The molecule has 1 heterocycles. The van der Waals surface area contributed by atoms with E-state index in [2.05, 4.69) is 20.8 Å². The van der Waals surface area contributed by atoms with Crippen molar-refractivity contribution in [1.82, 2.24) is 9.80 Å². The van der Waals surface area contributed by atoms with Gasteiger partial charge in [-0.3, -0.25) is 4.79 Å². The lowest BCUT2D eigenvalue weighted by molar-refractivity contribution is -0.127. The quantitative estimate of drug-likeness (QED) is 0.813. The average molecular weight is 367 g/mol. The number of aliphatic hydroxyl groups is 1. The van der Waals surface area contributed by atoms with Crippen molar-refractivity contribution in [2.24, 2.45) is 0 Å². The molecule has 0 aromatic heterocycles. The van der Waals surface area contributed by atoms with Gasteiger partial charge in [0.2, 0.25) is 5.91 Å². The first-order chi connectivity index (χ1) is 10.6. The maximum absolute atomic E-state index is 12.3. The summed E-state index contributed by atoms with van der Waals surface area (Å²) in [7, 11) is 2.03. The Hall–Kier alpha value is -1.17. The van der Waals surface area contributed by atoms with Crippen molar-refractivity contribution in [3.8, 4) is 0 Å². The molecule has 22 heavy (non-hydrogen) atoms. The number of piperidine rings is 1. The van der Waals surface area contributed by atoms with E-state index < -0.39 is 0 Å². The largest absolute Gasteiger partial charge is 0.395 e. The van der Waals surface area contributed by atoms with Gasteiger partial charge in [0, 0.05) is 36.2 Å². The van der Waals surface area contributed by atoms with Gasteiger partial charge in [0.25, 0.3) is 0 Å². The van der Waals surface area contributed by atoms with Crippen LogP contribution in [0.4, 0.5) is 0 Å². The number of amides is 1. The summed E-state index contributed by atoms with van der Waals surface area (Å²) in [6.45, 7) is 2.43. The Morgan fingerprint density at radius 3 is 2.73 bits per heavy atom. The van der Waals surface area contributed by atoms with Gasteiger partial charge >= 0.3 is 0 Å². The molecule has 0 unspecified atom stereocenters.